The quantitative estimate of drug-likeness (QED) is 0.739. The topological polar surface area (TPSA) is 37.4 Å². The second kappa shape index (κ2) is 7.73. The summed E-state index contributed by atoms with van der Waals surface area (Å²) in [7, 11) is -3.28. The molecule has 0 aliphatic rings. The number of sulfonamides is 1. The standard InChI is InChI=1S/C16H21NO2S2/c1-2-3-11-17(13-16-10-7-12-20-16)21(18,19)14-15-8-5-4-6-9-15/h4-10,12H,2-3,11,13-14H2,1H3. The Hall–Kier alpha value is -1.17. The molecule has 0 aliphatic heterocycles. The summed E-state index contributed by atoms with van der Waals surface area (Å²) in [4.78, 5) is 1.09. The highest BCUT2D eigenvalue weighted by Gasteiger charge is 2.22. The molecule has 0 unspecified atom stereocenters. The van der Waals surface area contributed by atoms with Crippen LogP contribution in [0.25, 0.3) is 0 Å². The van der Waals surface area contributed by atoms with Gasteiger partial charge in [0.15, 0.2) is 0 Å². The molecule has 0 radical (unpaired) electrons. The lowest BCUT2D eigenvalue weighted by atomic mass is 10.2. The maximum absolute atomic E-state index is 12.7. The van der Waals surface area contributed by atoms with Gasteiger partial charge in [-0.25, -0.2) is 8.42 Å². The molecular weight excluding hydrogens is 302 g/mol. The van der Waals surface area contributed by atoms with Gasteiger partial charge in [0.05, 0.1) is 5.75 Å². The van der Waals surface area contributed by atoms with Gasteiger partial charge < -0.3 is 0 Å². The molecule has 0 aliphatic carbocycles. The molecule has 2 aromatic rings. The number of hydrogen-bond acceptors (Lipinski definition) is 3. The minimum atomic E-state index is -3.28. The van der Waals surface area contributed by atoms with Gasteiger partial charge in [0.2, 0.25) is 10.0 Å². The molecular formula is C16H21NO2S2. The van der Waals surface area contributed by atoms with Crippen molar-refractivity contribution < 1.29 is 8.42 Å². The van der Waals surface area contributed by atoms with E-state index in [1.54, 1.807) is 15.6 Å². The van der Waals surface area contributed by atoms with Crippen LogP contribution in [0.4, 0.5) is 0 Å². The van der Waals surface area contributed by atoms with E-state index >= 15 is 0 Å². The SMILES string of the molecule is CCCCN(Cc1cccs1)S(=O)(=O)Cc1ccccc1. The summed E-state index contributed by atoms with van der Waals surface area (Å²) in [6, 6.07) is 13.3. The molecule has 21 heavy (non-hydrogen) atoms. The molecule has 0 bridgehead atoms. The van der Waals surface area contributed by atoms with Gasteiger partial charge >= 0.3 is 0 Å². The van der Waals surface area contributed by atoms with Gasteiger partial charge in [0.1, 0.15) is 0 Å². The Labute approximate surface area is 131 Å². The largest absolute Gasteiger partial charge is 0.218 e. The Balaban J connectivity index is 2.13. The number of hydrogen-bond donors (Lipinski definition) is 0. The van der Waals surface area contributed by atoms with Crippen molar-refractivity contribution in [2.75, 3.05) is 6.54 Å². The van der Waals surface area contributed by atoms with Gasteiger partial charge in [-0.05, 0) is 23.4 Å². The van der Waals surface area contributed by atoms with Crippen molar-refractivity contribution in [1.29, 1.82) is 0 Å². The smallest absolute Gasteiger partial charge is 0.212 e. The second-order valence-electron chi connectivity index (χ2n) is 5.01. The monoisotopic (exact) mass is 323 g/mol. The van der Waals surface area contributed by atoms with Crippen molar-refractivity contribution in [1.82, 2.24) is 4.31 Å². The fourth-order valence-corrected chi connectivity index (χ4v) is 4.44. The molecule has 2 rings (SSSR count). The van der Waals surface area contributed by atoms with Crippen molar-refractivity contribution in [3.05, 3.63) is 58.3 Å². The van der Waals surface area contributed by atoms with E-state index in [4.69, 9.17) is 0 Å². The first-order valence-corrected chi connectivity index (χ1v) is 9.65. The Kier molecular flexibility index (Phi) is 5.96. The van der Waals surface area contributed by atoms with Crippen LogP contribution in [-0.4, -0.2) is 19.3 Å². The van der Waals surface area contributed by atoms with Crippen LogP contribution in [0.2, 0.25) is 0 Å². The first kappa shape index (κ1) is 16.2. The highest BCUT2D eigenvalue weighted by molar-refractivity contribution is 7.88. The second-order valence-corrected chi connectivity index (χ2v) is 8.01. The van der Waals surface area contributed by atoms with Crippen LogP contribution < -0.4 is 0 Å². The van der Waals surface area contributed by atoms with E-state index in [1.165, 1.54) is 0 Å². The molecule has 1 aromatic carbocycles. The third-order valence-electron chi connectivity index (χ3n) is 3.26. The van der Waals surface area contributed by atoms with Crippen LogP contribution >= 0.6 is 11.3 Å². The van der Waals surface area contributed by atoms with Gasteiger partial charge in [-0.2, -0.15) is 4.31 Å². The summed E-state index contributed by atoms with van der Waals surface area (Å²) in [5.41, 5.74) is 0.838. The maximum atomic E-state index is 12.7. The molecule has 0 fully saturated rings. The van der Waals surface area contributed by atoms with E-state index < -0.39 is 10.0 Å². The van der Waals surface area contributed by atoms with Gasteiger partial charge in [-0.1, -0.05) is 49.7 Å². The molecule has 0 saturated heterocycles. The van der Waals surface area contributed by atoms with Crippen molar-refractivity contribution in [2.45, 2.75) is 32.1 Å². The summed E-state index contributed by atoms with van der Waals surface area (Å²) in [6.07, 6.45) is 1.88. The molecule has 114 valence electrons. The Morgan fingerprint density at radius 3 is 2.48 bits per heavy atom. The van der Waals surface area contributed by atoms with Crippen LogP contribution in [0.3, 0.4) is 0 Å². The molecule has 1 aromatic heterocycles. The zero-order valence-electron chi connectivity index (χ0n) is 12.2. The number of rotatable bonds is 8. The highest BCUT2D eigenvalue weighted by atomic mass is 32.2. The van der Waals surface area contributed by atoms with E-state index in [2.05, 4.69) is 6.92 Å². The molecule has 0 saturated carbocycles. The Bertz CT molecular complexity index is 622. The molecule has 1 heterocycles. The van der Waals surface area contributed by atoms with Crippen LogP contribution in [0.15, 0.2) is 47.8 Å². The predicted molar refractivity (Wildman–Crippen MR) is 88.7 cm³/mol. The molecule has 0 spiro atoms. The fourth-order valence-electron chi connectivity index (χ4n) is 2.10. The number of unbranched alkanes of at least 4 members (excludes halogenated alkanes) is 1. The van der Waals surface area contributed by atoms with Crippen LogP contribution in [0, 0.1) is 0 Å². The average Bonchev–Trinajstić information content (AvgIpc) is 2.97. The lowest BCUT2D eigenvalue weighted by molar-refractivity contribution is 0.400. The van der Waals surface area contributed by atoms with Gasteiger partial charge in [-0.3, -0.25) is 0 Å². The third kappa shape index (κ3) is 4.95. The summed E-state index contributed by atoms with van der Waals surface area (Å²) < 4.78 is 26.9. The van der Waals surface area contributed by atoms with Gasteiger partial charge in [-0.15, -0.1) is 11.3 Å². The summed E-state index contributed by atoms with van der Waals surface area (Å²) >= 11 is 1.60. The number of thiophene rings is 1. The van der Waals surface area contributed by atoms with E-state index in [9.17, 15) is 8.42 Å². The highest BCUT2D eigenvalue weighted by Crippen LogP contribution is 2.18. The number of benzene rings is 1. The predicted octanol–water partition coefficient (Wildman–Crippen LogP) is 3.88. The van der Waals surface area contributed by atoms with E-state index in [-0.39, 0.29) is 5.75 Å². The van der Waals surface area contributed by atoms with Crippen LogP contribution in [0.5, 0.6) is 0 Å². The normalized spacial score (nSPS) is 11.9. The molecule has 0 atom stereocenters. The summed E-state index contributed by atoms with van der Waals surface area (Å²) in [5.74, 6) is 0.0724. The van der Waals surface area contributed by atoms with Crippen molar-refractivity contribution >= 4 is 21.4 Å². The van der Waals surface area contributed by atoms with E-state index in [1.807, 2.05) is 47.8 Å². The molecule has 3 nitrogen and oxygen atoms in total. The minimum absolute atomic E-state index is 0.0724. The minimum Gasteiger partial charge on any atom is -0.212 e. The zero-order valence-corrected chi connectivity index (χ0v) is 13.9. The van der Waals surface area contributed by atoms with Crippen molar-refractivity contribution in [2.24, 2.45) is 0 Å². The zero-order chi connectivity index (χ0) is 15.1. The molecule has 0 amide bonds. The maximum Gasteiger partial charge on any atom is 0.218 e. The van der Waals surface area contributed by atoms with E-state index in [0.717, 1.165) is 23.3 Å². The van der Waals surface area contributed by atoms with Gasteiger partial charge in [0, 0.05) is 18.0 Å². The number of nitrogens with zero attached hydrogens (tertiary/aromatic N) is 1. The summed E-state index contributed by atoms with van der Waals surface area (Å²) in [5, 5.41) is 1.98. The lowest BCUT2D eigenvalue weighted by Crippen LogP contribution is -2.32. The lowest BCUT2D eigenvalue weighted by Gasteiger charge is -2.21. The Morgan fingerprint density at radius 2 is 1.86 bits per heavy atom. The van der Waals surface area contributed by atoms with Crippen LogP contribution in [0.1, 0.15) is 30.2 Å². The first-order valence-electron chi connectivity index (χ1n) is 7.16. The first-order chi connectivity index (χ1) is 10.1. The fraction of sp³-hybridized carbons (Fsp3) is 0.375. The van der Waals surface area contributed by atoms with Crippen molar-refractivity contribution in [3.63, 3.8) is 0 Å². The van der Waals surface area contributed by atoms with Crippen LogP contribution in [-0.2, 0) is 22.3 Å². The van der Waals surface area contributed by atoms with Gasteiger partial charge in [0.25, 0.3) is 0 Å². The molecule has 0 N–H and O–H groups in total. The van der Waals surface area contributed by atoms with Crippen molar-refractivity contribution in [3.8, 4) is 0 Å². The average molecular weight is 323 g/mol. The summed E-state index contributed by atoms with van der Waals surface area (Å²) in [6.45, 7) is 3.14. The third-order valence-corrected chi connectivity index (χ3v) is 5.92. The van der Waals surface area contributed by atoms with E-state index in [0.29, 0.717) is 13.1 Å². The Morgan fingerprint density at radius 1 is 1.10 bits per heavy atom. The molecule has 5 heteroatoms.